The zero-order chi connectivity index (χ0) is 13.1. The van der Waals surface area contributed by atoms with Crippen LogP contribution in [0.5, 0.6) is 0 Å². The van der Waals surface area contributed by atoms with Gasteiger partial charge >= 0.3 is 0 Å². The van der Waals surface area contributed by atoms with Crippen LogP contribution in [0.2, 0.25) is 0 Å². The monoisotopic (exact) mass is 253 g/mol. The number of halogens is 1. The highest BCUT2D eigenvalue weighted by Gasteiger charge is 2.26. The minimum Gasteiger partial charge on any atom is -0.369 e. The van der Waals surface area contributed by atoms with Crippen LogP contribution in [0.25, 0.3) is 0 Å². The predicted molar refractivity (Wildman–Crippen MR) is 65.7 cm³/mol. The number of hydrogen-bond acceptors (Lipinski definition) is 5. The zero-order valence-electron chi connectivity index (χ0n) is 10.2. The molecule has 0 saturated carbocycles. The van der Waals surface area contributed by atoms with E-state index >= 15 is 0 Å². The summed E-state index contributed by atoms with van der Waals surface area (Å²) in [6, 6.07) is 0. The maximum Gasteiger partial charge on any atom is 0.224 e. The first-order valence-corrected chi connectivity index (χ1v) is 5.86. The second-order valence-corrected chi connectivity index (χ2v) is 4.30. The number of nitrogens with zero attached hydrogens (tertiary/aromatic N) is 3. The van der Waals surface area contributed by atoms with Crippen molar-refractivity contribution in [3.8, 4) is 0 Å². The predicted octanol–water partition coefficient (Wildman–Crippen LogP) is 0.359. The van der Waals surface area contributed by atoms with Gasteiger partial charge in [-0.3, -0.25) is 4.79 Å². The molecule has 6 nitrogen and oxygen atoms in total. The molecular formula is C11H16FN5O. The zero-order valence-corrected chi connectivity index (χ0v) is 10.2. The van der Waals surface area contributed by atoms with Gasteiger partial charge in [0.2, 0.25) is 11.9 Å². The van der Waals surface area contributed by atoms with Gasteiger partial charge in [-0.2, -0.15) is 4.98 Å². The van der Waals surface area contributed by atoms with Crippen molar-refractivity contribution in [3.05, 3.63) is 12.0 Å². The lowest BCUT2D eigenvalue weighted by molar-refractivity contribution is -0.122. The Bertz CT molecular complexity index is 453. The average Bonchev–Trinajstić information content (AvgIpc) is 2.39. The van der Waals surface area contributed by atoms with Crippen molar-refractivity contribution in [3.63, 3.8) is 0 Å². The van der Waals surface area contributed by atoms with Gasteiger partial charge in [-0.25, -0.2) is 9.37 Å². The fourth-order valence-electron chi connectivity index (χ4n) is 2.10. The van der Waals surface area contributed by atoms with Crippen LogP contribution >= 0.6 is 0 Å². The quantitative estimate of drug-likeness (QED) is 0.812. The van der Waals surface area contributed by atoms with Gasteiger partial charge in [0.15, 0.2) is 11.6 Å². The number of rotatable bonds is 3. The molecule has 1 amide bonds. The number of carbonyl (C=O) groups excluding carboxylic acids is 1. The number of anilines is 2. The fraction of sp³-hybridized carbons (Fsp3) is 0.545. The molecule has 0 radical (unpaired) electrons. The molecule has 98 valence electrons. The van der Waals surface area contributed by atoms with E-state index in [4.69, 9.17) is 5.73 Å². The highest BCUT2D eigenvalue weighted by atomic mass is 19.1. The molecule has 1 saturated heterocycles. The van der Waals surface area contributed by atoms with Gasteiger partial charge in [-0.1, -0.05) is 0 Å². The SMILES string of the molecule is CNc1ncc(F)c(N2CCCC(C(N)=O)C2)n1. The van der Waals surface area contributed by atoms with E-state index in [-0.39, 0.29) is 17.6 Å². The van der Waals surface area contributed by atoms with E-state index < -0.39 is 5.82 Å². The Morgan fingerprint density at radius 1 is 1.67 bits per heavy atom. The number of piperidine rings is 1. The minimum atomic E-state index is -0.487. The smallest absolute Gasteiger partial charge is 0.224 e. The van der Waals surface area contributed by atoms with E-state index in [1.54, 1.807) is 11.9 Å². The number of nitrogens with two attached hydrogens (primary N) is 1. The van der Waals surface area contributed by atoms with Gasteiger partial charge in [-0.05, 0) is 12.8 Å². The summed E-state index contributed by atoms with van der Waals surface area (Å²) in [6.07, 6.45) is 2.67. The number of primary amides is 1. The van der Waals surface area contributed by atoms with Gasteiger partial charge in [0, 0.05) is 20.1 Å². The molecule has 0 aliphatic carbocycles. The van der Waals surface area contributed by atoms with Crippen LogP contribution in [0.15, 0.2) is 6.20 Å². The summed E-state index contributed by atoms with van der Waals surface area (Å²) in [5, 5.41) is 2.76. The molecule has 18 heavy (non-hydrogen) atoms. The summed E-state index contributed by atoms with van der Waals surface area (Å²) in [5.74, 6) is -0.499. The molecule has 2 heterocycles. The molecule has 1 unspecified atom stereocenters. The Kier molecular flexibility index (Phi) is 3.59. The van der Waals surface area contributed by atoms with Crippen LogP contribution in [0.4, 0.5) is 16.2 Å². The lowest BCUT2D eigenvalue weighted by Crippen LogP contribution is -2.42. The maximum absolute atomic E-state index is 13.7. The summed E-state index contributed by atoms with van der Waals surface area (Å²) in [5.41, 5.74) is 5.30. The van der Waals surface area contributed by atoms with Gasteiger partial charge < -0.3 is 16.0 Å². The first-order valence-electron chi connectivity index (χ1n) is 5.86. The second kappa shape index (κ2) is 5.16. The van der Waals surface area contributed by atoms with Gasteiger partial charge in [0.05, 0.1) is 12.1 Å². The van der Waals surface area contributed by atoms with Crippen LogP contribution < -0.4 is 16.0 Å². The molecule has 1 aromatic heterocycles. The summed E-state index contributed by atoms with van der Waals surface area (Å²) in [6.45, 7) is 1.08. The largest absolute Gasteiger partial charge is 0.369 e. The molecular weight excluding hydrogens is 237 g/mol. The van der Waals surface area contributed by atoms with Crippen LogP contribution in [0.1, 0.15) is 12.8 Å². The molecule has 1 fully saturated rings. The average molecular weight is 253 g/mol. The first kappa shape index (κ1) is 12.5. The standard InChI is InChI=1S/C11H16FN5O/c1-14-11-15-5-8(12)10(16-11)17-4-2-3-7(6-17)9(13)18/h5,7H,2-4,6H2,1H3,(H2,13,18)(H,14,15,16). The fourth-order valence-corrected chi connectivity index (χ4v) is 2.10. The van der Waals surface area contributed by atoms with E-state index in [1.807, 2.05) is 0 Å². The second-order valence-electron chi connectivity index (χ2n) is 4.30. The van der Waals surface area contributed by atoms with Crippen molar-refractivity contribution in [2.75, 3.05) is 30.4 Å². The molecule has 3 N–H and O–H groups in total. The van der Waals surface area contributed by atoms with Crippen LogP contribution in [0.3, 0.4) is 0 Å². The number of aromatic nitrogens is 2. The minimum absolute atomic E-state index is 0.223. The Hall–Kier alpha value is -1.92. The van der Waals surface area contributed by atoms with Gasteiger partial charge in [0.25, 0.3) is 0 Å². The highest BCUT2D eigenvalue weighted by Crippen LogP contribution is 2.24. The van der Waals surface area contributed by atoms with Crippen molar-refractivity contribution in [2.24, 2.45) is 11.7 Å². The lowest BCUT2D eigenvalue weighted by atomic mass is 9.97. The van der Waals surface area contributed by atoms with Crippen LogP contribution in [0, 0.1) is 11.7 Å². The molecule has 0 bridgehead atoms. The molecule has 2 rings (SSSR count). The maximum atomic E-state index is 13.7. The Labute approximate surface area is 104 Å². The Morgan fingerprint density at radius 2 is 2.44 bits per heavy atom. The number of carbonyl (C=O) groups is 1. The van der Waals surface area contributed by atoms with Crippen molar-refractivity contribution >= 4 is 17.7 Å². The number of amides is 1. The molecule has 1 aromatic rings. The summed E-state index contributed by atoms with van der Waals surface area (Å²) in [7, 11) is 1.67. The molecule has 0 aromatic carbocycles. The van der Waals surface area contributed by atoms with Crippen molar-refractivity contribution in [1.82, 2.24) is 9.97 Å². The van der Waals surface area contributed by atoms with E-state index in [9.17, 15) is 9.18 Å². The third-order valence-corrected chi connectivity index (χ3v) is 3.07. The third-order valence-electron chi connectivity index (χ3n) is 3.07. The third kappa shape index (κ3) is 2.49. The molecule has 1 aliphatic rings. The van der Waals surface area contributed by atoms with Gasteiger partial charge in [0.1, 0.15) is 0 Å². The normalized spacial score (nSPS) is 19.7. The lowest BCUT2D eigenvalue weighted by Gasteiger charge is -2.32. The summed E-state index contributed by atoms with van der Waals surface area (Å²) >= 11 is 0. The van der Waals surface area contributed by atoms with Crippen molar-refractivity contribution < 1.29 is 9.18 Å². The molecule has 1 atom stereocenters. The molecule has 0 spiro atoms. The van der Waals surface area contributed by atoms with Crippen LogP contribution in [-0.2, 0) is 4.79 Å². The number of nitrogens with one attached hydrogen (secondary N) is 1. The van der Waals surface area contributed by atoms with E-state index in [0.717, 1.165) is 19.0 Å². The Morgan fingerprint density at radius 3 is 3.11 bits per heavy atom. The Balaban J connectivity index is 2.22. The highest BCUT2D eigenvalue weighted by molar-refractivity contribution is 5.77. The summed E-state index contributed by atoms with van der Waals surface area (Å²) < 4.78 is 13.7. The number of hydrogen-bond donors (Lipinski definition) is 2. The van der Waals surface area contributed by atoms with Crippen molar-refractivity contribution in [2.45, 2.75) is 12.8 Å². The van der Waals surface area contributed by atoms with Gasteiger partial charge in [-0.15, -0.1) is 0 Å². The van der Waals surface area contributed by atoms with E-state index in [0.29, 0.717) is 19.0 Å². The van der Waals surface area contributed by atoms with E-state index in [2.05, 4.69) is 15.3 Å². The van der Waals surface area contributed by atoms with Crippen molar-refractivity contribution in [1.29, 1.82) is 0 Å². The van der Waals surface area contributed by atoms with Crippen LogP contribution in [-0.4, -0.2) is 36.0 Å². The molecule has 7 heteroatoms. The topological polar surface area (TPSA) is 84.1 Å². The summed E-state index contributed by atoms with van der Waals surface area (Å²) in [4.78, 5) is 20.8. The van der Waals surface area contributed by atoms with E-state index in [1.165, 1.54) is 0 Å². The molecule has 1 aliphatic heterocycles. The first-order chi connectivity index (χ1) is 8.61.